The van der Waals surface area contributed by atoms with Gasteiger partial charge in [0, 0.05) is 9.86 Å². The molecule has 0 aliphatic carbocycles. The van der Waals surface area contributed by atoms with Gasteiger partial charge in [0.2, 0.25) is 0 Å². The third-order valence-electron chi connectivity index (χ3n) is 1.57. The number of benzene rings is 1. The van der Waals surface area contributed by atoms with E-state index < -0.39 is 0 Å². The van der Waals surface area contributed by atoms with Crippen molar-refractivity contribution < 1.29 is 0 Å². The summed E-state index contributed by atoms with van der Waals surface area (Å²) in [6, 6.07) is 4.04. The number of rotatable bonds is 0. The Bertz CT molecular complexity index is 438. The van der Waals surface area contributed by atoms with Gasteiger partial charge in [0.25, 0.3) is 0 Å². The average molecular weight is 402 g/mol. The summed E-state index contributed by atoms with van der Waals surface area (Å²) < 4.78 is 3.09. The summed E-state index contributed by atoms with van der Waals surface area (Å²) in [5, 5.41) is 8.24. The first-order valence-electron chi connectivity index (χ1n) is 3.17. The van der Waals surface area contributed by atoms with Crippen LogP contribution in [0.3, 0.4) is 0 Å². The van der Waals surface area contributed by atoms with Crippen LogP contribution in [0.5, 0.6) is 0 Å². The lowest BCUT2D eigenvalue weighted by atomic mass is 10.3. The van der Waals surface area contributed by atoms with Crippen molar-refractivity contribution in [1.82, 2.24) is 10.2 Å². The van der Waals surface area contributed by atoms with Crippen molar-refractivity contribution in [3.63, 3.8) is 0 Å². The van der Waals surface area contributed by atoms with Crippen LogP contribution in [0.15, 0.2) is 21.1 Å². The number of hydrogen-bond donors (Lipinski definition) is 1. The van der Waals surface area contributed by atoms with E-state index in [4.69, 9.17) is 0 Å². The Kier molecular flexibility index (Phi) is 2.44. The summed E-state index contributed by atoms with van der Waals surface area (Å²) >= 11 is 9.11. The molecule has 0 bridgehead atoms. The van der Waals surface area contributed by atoms with Crippen LogP contribution < -0.4 is 0 Å². The summed E-state index contributed by atoms with van der Waals surface area (Å²) in [5.74, 6) is 0. The molecule has 0 radical (unpaired) electrons. The predicted molar refractivity (Wildman–Crippen MR) is 64.2 cm³/mol. The lowest BCUT2D eigenvalue weighted by Gasteiger charge is -1.95. The van der Waals surface area contributed by atoms with Gasteiger partial charge in [-0.05, 0) is 66.6 Å². The minimum atomic E-state index is 0.966. The van der Waals surface area contributed by atoms with Crippen molar-refractivity contribution in [3.05, 3.63) is 24.8 Å². The van der Waals surface area contributed by atoms with E-state index in [1.54, 1.807) is 0 Å². The molecule has 0 amide bonds. The Hall–Kier alpha value is 0.380. The molecule has 0 atom stereocenters. The van der Waals surface area contributed by atoms with Gasteiger partial charge in [-0.2, -0.15) is 5.10 Å². The molecule has 1 aromatic carbocycles. The Morgan fingerprint density at radius 3 is 2.83 bits per heavy atom. The topological polar surface area (TPSA) is 28.7 Å². The van der Waals surface area contributed by atoms with Gasteiger partial charge in [-0.15, -0.1) is 0 Å². The van der Waals surface area contributed by atoms with Crippen LogP contribution in [-0.4, -0.2) is 10.2 Å². The minimum Gasteiger partial charge on any atom is -0.271 e. The smallest absolute Gasteiger partial charge is 0.108 e. The van der Waals surface area contributed by atoms with Crippen LogP contribution in [0.1, 0.15) is 0 Å². The second kappa shape index (κ2) is 3.26. The fourth-order valence-corrected chi connectivity index (χ4v) is 2.30. The molecule has 2 nitrogen and oxygen atoms in total. The van der Waals surface area contributed by atoms with Crippen LogP contribution in [-0.2, 0) is 0 Å². The lowest BCUT2D eigenvalue weighted by Crippen LogP contribution is -1.73. The van der Waals surface area contributed by atoms with Crippen molar-refractivity contribution in [2.45, 2.75) is 0 Å². The number of nitrogens with one attached hydrogen (secondary N) is 1. The Balaban J connectivity index is 2.93. The summed E-state index contributed by atoms with van der Waals surface area (Å²) in [6.45, 7) is 0. The molecule has 1 N–H and O–H groups in total. The molecule has 1 heterocycles. The maximum Gasteiger partial charge on any atom is 0.108 e. The number of hydrogen-bond acceptors (Lipinski definition) is 1. The summed E-state index contributed by atoms with van der Waals surface area (Å²) in [4.78, 5) is 0. The Morgan fingerprint density at radius 1 is 1.33 bits per heavy atom. The second-order valence-electron chi connectivity index (χ2n) is 2.30. The first-order chi connectivity index (χ1) is 5.70. The fourth-order valence-electron chi connectivity index (χ4n) is 0.992. The molecular formula is C7H3Br2IN2. The summed E-state index contributed by atoms with van der Waals surface area (Å²) in [6.07, 6.45) is 0. The van der Waals surface area contributed by atoms with Gasteiger partial charge in [0.1, 0.15) is 9.22 Å². The first-order valence-corrected chi connectivity index (χ1v) is 5.84. The maximum atomic E-state index is 4.17. The number of H-pyrrole nitrogens is 1. The average Bonchev–Trinajstić information content (AvgIpc) is 2.41. The molecule has 1 aromatic heterocycles. The van der Waals surface area contributed by atoms with Crippen LogP contribution in [0.25, 0.3) is 10.9 Å². The maximum absolute atomic E-state index is 4.17. The first kappa shape index (κ1) is 8.96. The van der Waals surface area contributed by atoms with Gasteiger partial charge in [0.05, 0.1) is 4.47 Å². The van der Waals surface area contributed by atoms with Gasteiger partial charge in [-0.25, -0.2) is 0 Å². The van der Waals surface area contributed by atoms with E-state index in [9.17, 15) is 0 Å². The monoisotopic (exact) mass is 400 g/mol. The van der Waals surface area contributed by atoms with Gasteiger partial charge >= 0.3 is 0 Å². The number of aromatic nitrogens is 2. The van der Waals surface area contributed by atoms with Crippen LogP contribution in [0, 0.1) is 3.70 Å². The third kappa shape index (κ3) is 1.31. The molecule has 62 valence electrons. The van der Waals surface area contributed by atoms with Crippen molar-refractivity contribution in [2.75, 3.05) is 0 Å². The zero-order chi connectivity index (χ0) is 8.72. The van der Waals surface area contributed by atoms with Crippen LogP contribution >= 0.6 is 54.5 Å². The van der Waals surface area contributed by atoms with E-state index in [0.717, 1.165) is 23.5 Å². The summed E-state index contributed by atoms with van der Waals surface area (Å²) in [7, 11) is 0. The van der Waals surface area contributed by atoms with E-state index in [0.29, 0.717) is 0 Å². The van der Waals surface area contributed by atoms with Crippen LogP contribution in [0.4, 0.5) is 0 Å². The number of fused-ring (bicyclic) bond motifs is 1. The predicted octanol–water partition coefficient (Wildman–Crippen LogP) is 3.69. The van der Waals surface area contributed by atoms with Gasteiger partial charge in [-0.3, -0.25) is 5.10 Å². The van der Waals surface area contributed by atoms with Crippen molar-refractivity contribution in [3.8, 4) is 0 Å². The molecule has 5 heteroatoms. The zero-order valence-corrected chi connectivity index (χ0v) is 11.1. The molecule has 0 saturated carbocycles. The number of halogens is 3. The SMILES string of the molecule is Brc1ccc2c(I)[nH]nc2c1Br. The van der Waals surface area contributed by atoms with E-state index in [1.165, 1.54) is 0 Å². The molecule has 2 rings (SSSR count). The standard InChI is InChI=1S/C7H3Br2IN2/c8-4-2-1-3-6(5(4)9)11-12-7(3)10/h1-2H,(H,11,12). The van der Waals surface area contributed by atoms with E-state index in [1.807, 2.05) is 12.1 Å². The highest BCUT2D eigenvalue weighted by Crippen LogP contribution is 2.31. The third-order valence-corrected chi connectivity index (χ3v) is 4.39. The Labute approximate surface area is 99.5 Å². The highest BCUT2D eigenvalue weighted by Gasteiger charge is 2.07. The molecular weight excluding hydrogens is 399 g/mol. The molecule has 0 unspecified atom stereocenters. The second-order valence-corrected chi connectivity index (χ2v) is 5.02. The normalized spacial score (nSPS) is 10.9. The fraction of sp³-hybridized carbons (Fsp3) is 0. The van der Waals surface area contributed by atoms with Crippen molar-refractivity contribution in [2.24, 2.45) is 0 Å². The summed E-state index contributed by atoms with van der Waals surface area (Å²) in [5.41, 5.74) is 0.966. The molecule has 0 aliphatic heterocycles. The van der Waals surface area contributed by atoms with E-state index in [2.05, 4.69) is 64.6 Å². The molecule has 0 fully saturated rings. The molecule has 0 spiro atoms. The van der Waals surface area contributed by atoms with E-state index >= 15 is 0 Å². The minimum absolute atomic E-state index is 0.966. The molecule has 12 heavy (non-hydrogen) atoms. The van der Waals surface area contributed by atoms with Crippen LogP contribution in [0.2, 0.25) is 0 Å². The Morgan fingerprint density at radius 2 is 2.08 bits per heavy atom. The van der Waals surface area contributed by atoms with Crippen molar-refractivity contribution >= 4 is 65.4 Å². The number of aromatic amines is 1. The highest BCUT2D eigenvalue weighted by atomic mass is 127. The highest BCUT2D eigenvalue weighted by molar-refractivity contribution is 14.1. The molecule has 0 aliphatic rings. The largest absolute Gasteiger partial charge is 0.271 e. The molecule has 2 aromatic rings. The van der Waals surface area contributed by atoms with Crippen molar-refractivity contribution in [1.29, 1.82) is 0 Å². The van der Waals surface area contributed by atoms with Gasteiger partial charge < -0.3 is 0 Å². The number of nitrogens with zero attached hydrogens (tertiary/aromatic N) is 1. The van der Waals surface area contributed by atoms with E-state index in [-0.39, 0.29) is 0 Å². The quantitative estimate of drug-likeness (QED) is 0.670. The van der Waals surface area contributed by atoms with Gasteiger partial charge in [0.15, 0.2) is 0 Å². The zero-order valence-electron chi connectivity index (χ0n) is 5.74. The molecule has 0 saturated heterocycles. The van der Waals surface area contributed by atoms with Gasteiger partial charge in [-0.1, -0.05) is 0 Å². The lowest BCUT2D eigenvalue weighted by molar-refractivity contribution is 1.09.